The molecule has 0 spiro atoms. The maximum absolute atomic E-state index is 5.90. The summed E-state index contributed by atoms with van der Waals surface area (Å²) in [6.45, 7) is 5.83. The number of nitrogens with one attached hydrogen (secondary N) is 1. The Morgan fingerprint density at radius 3 is 2.27 bits per heavy atom. The van der Waals surface area contributed by atoms with E-state index in [1.807, 2.05) is 24.3 Å². The number of ether oxygens (including phenoxy) is 1. The minimum absolute atomic E-state index is 0. The van der Waals surface area contributed by atoms with E-state index in [4.69, 9.17) is 4.74 Å². The Labute approximate surface area is 154 Å². The predicted molar refractivity (Wildman–Crippen MR) is 102 cm³/mol. The molecule has 0 fully saturated rings. The van der Waals surface area contributed by atoms with Crippen LogP contribution in [0.1, 0.15) is 11.1 Å². The summed E-state index contributed by atoms with van der Waals surface area (Å²) in [6.07, 6.45) is 1.85. The molecule has 2 aromatic rings. The highest BCUT2D eigenvalue weighted by Gasteiger charge is 2.09. The molecule has 118 valence electrons. The van der Waals surface area contributed by atoms with Crippen LogP contribution in [-0.4, -0.2) is 6.54 Å². The van der Waals surface area contributed by atoms with E-state index in [1.165, 1.54) is 5.56 Å². The van der Waals surface area contributed by atoms with Crippen molar-refractivity contribution in [3.05, 3.63) is 75.2 Å². The van der Waals surface area contributed by atoms with Gasteiger partial charge in [0.15, 0.2) is 0 Å². The van der Waals surface area contributed by atoms with Crippen molar-refractivity contribution in [2.24, 2.45) is 0 Å². The second kappa shape index (κ2) is 10.1. The Morgan fingerprint density at radius 2 is 1.68 bits per heavy atom. The lowest BCUT2D eigenvalue weighted by molar-refractivity contribution is 0.302. The largest absolute Gasteiger partial charge is 0.487 e. The van der Waals surface area contributed by atoms with Gasteiger partial charge in [-0.15, -0.1) is 19.0 Å². The maximum Gasteiger partial charge on any atom is 0.148 e. The lowest BCUT2D eigenvalue weighted by Gasteiger charge is -2.12. The Kier molecular flexibility index (Phi) is 8.79. The summed E-state index contributed by atoms with van der Waals surface area (Å²) in [5, 5.41) is 3.28. The molecule has 0 atom stereocenters. The fraction of sp³-hybridized carbons (Fsp3) is 0.176. The van der Waals surface area contributed by atoms with Crippen molar-refractivity contribution < 1.29 is 4.74 Å². The van der Waals surface area contributed by atoms with Crippen LogP contribution in [-0.2, 0) is 13.2 Å². The van der Waals surface area contributed by atoms with Crippen LogP contribution in [0.4, 0.5) is 0 Å². The molecule has 1 N–H and O–H groups in total. The SMILES string of the molecule is C=CCNCc1cc(Br)c(OCc2ccccc2)c(Br)c1.Cl. The van der Waals surface area contributed by atoms with Crippen LogP contribution in [0.3, 0.4) is 0 Å². The molecule has 0 bridgehead atoms. The highest BCUT2D eigenvalue weighted by atomic mass is 79.9. The van der Waals surface area contributed by atoms with Gasteiger partial charge in [0.05, 0.1) is 8.95 Å². The van der Waals surface area contributed by atoms with Gasteiger partial charge in [0.1, 0.15) is 12.4 Å². The van der Waals surface area contributed by atoms with Gasteiger partial charge in [0.2, 0.25) is 0 Å². The molecule has 22 heavy (non-hydrogen) atoms. The zero-order chi connectivity index (χ0) is 15.1. The Morgan fingerprint density at radius 1 is 1.05 bits per heavy atom. The molecule has 2 aromatic carbocycles. The Balaban J connectivity index is 0.00000242. The van der Waals surface area contributed by atoms with Gasteiger partial charge in [0.25, 0.3) is 0 Å². The molecule has 0 unspecified atom stereocenters. The second-order valence-corrected chi connectivity index (χ2v) is 6.29. The van der Waals surface area contributed by atoms with E-state index in [9.17, 15) is 0 Å². The minimum Gasteiger partial charge on any atom is -0.487 e. The van der Waals surface area contributed by atoms with Gasteiger partial charge in [-0.2, -0.15) is 0 Å². The van der Waals surface area contributed by atoms with Crippen LogP contribution in [0.15, 0.2) is 64.1 Å². The van der Waals surface area contributed by atoms with Crippen LogP contribution in [0, 0.1) is 0 Å². The zero-order valence-electron chi connectivity index (χ0n) is 12.0. The maximum atomic E-state index is 5.90. The van der Waals surface area contributed by atoms with Gasteiger partial charge in [-0.05, 0) is 55.1 Å². The third-order valence-electron chi connectivity index (χ3n) is 2.90. The van der Waals surface area contributed by atoms with E-state index in [-0.39, 0.29) is 12.4 Å². The number of hydrogen-bond acceptors (Lipinski definition) is 2. The molecule has 0 amide bonds. The fourth-order valence-electron chi connectivity index (χ4n) is 1.90. The van der Waals surface area contributed by atoms with E-state index in [0.29, 0.717) is 6.61 Å². The van der Waals surface area contributed by atoms with Gasteiger partial charge in [-0.25, -0.2) is 0 Å². The van der Waals surface area contributed by atoms with Gasteiger partial charge >= 0.3 is 0 Å². The van der Waals surface area contributed by atoms with Crippen LogP contribution < -0.4 is 10.1 Å². The summed E-state index contributed by atoms with van der Waals surface area (Å²) < 4.78 is 7.80. The summed E-state index contributed by atoms with van der Waals surface area (Å²) in [7, 11) is 0. The van der Waals surface area contributed by atoms with Gasteiger partial charge in [-0.1, -0.05) is 36.4 Å². The molecule has 0 saturated carbocycles. The molecule has 0 radical (unpaired) electrons. The molecule has 0 saturated heterocycles. The number of benzene rings is 2. The third kappa shape index (κ3) is 5.76. The lowest BCUT2D eigenvalue weighted by Crippen LogP contribution is -2.12. The van der Waals surface area contributed by atoms with E-state index < -0.39 is 0 Å². The molecule has 0 aliphatic carbocycles. The minimum atomic E-state index is 0. The molecular weight excluding hydrogens is 429 g/mol. The van der Waals surface area contributed by atoms with Crippen LogP contribution in [0.25, 0.3) is 0 Å². The monoisotopic (exact) mass is 445 g/mol. The van der Waals surface area contributed by atoms with Crippen molar-refractivity contribution in [1.29, 1.82) is 0 Å². The quantitative estimate of drug-likeness (QED) is 0.448. The summed E-state index contributed by atoms with van der Waals surface area (Å²) in [4.78, 5) is 0. The molecule has 0 aliphatic rings. The van der Waals surface area contributed by atoms with Crippen molar-refractivity contribution in [2.45, 2.75) is 13.2 Å². The first kappa shape index (κ1) is 19.2. The van der Waals surface area contributed by atoms with E-state index >= 15 is 0 Å². The smallest absolute Gasteiger partial charge is 0.148 e. The average Bonchev–Trinajstić information content (AvgIpc) is 2.48. The van der Waals surface area contributed by atoms with Crippen LogP contribution >= 0.6 is 44.3 Å². The Bertz CT molecular complexity index is 582. The first-order valence-electron chi connectivity index (χ1n) is 6.67. The van der Waals surface area contributed by atoms with Gasteiger partial charge < -0.3 is 10.1 Å². The summed E-state index contributed by atoms with van der Waals surface area (Å²) in [5.74, 6) is 0.825. The molecule has 0 aromatic heterocycles. The van der Waals surface area contributed by atoms with Crippen molar-refractivity contribution in [3.63, 3.8) is 0 Å². The lowest BCUT2D eigenvalue weighted by atomic mass is 10.2. The highest BCUT2D eigenvalue weighted by Crippen LogP contribution is 2.35. The molecule has 0 aliphatic heterocycles. The van der Waals surface area contributed by atoms with Gasteiger partial charge in [-0.3, -0.25) is 0 Å². The number of halogens is 3. The predicted octanol–water partition coefficient (Wildman–Crippen LogP) is 5.49. The number of rotatable bonds is 7. The highest BCUT2D eigenvalue weighted by molar-refractivity contribution is 9.11. The van der Waals surface area contributed by atoms with Crippen LogP contribution in [0.5, 0.6) is 5.75 Å². The average molecular weight is 448 g/mol. The topological polar surface area (TPSA) is 21.3 Å². The van der Waals surface area contributed by atoms with E-state index in [0.717, 1.165) is 33.3 Å². The summed E-state index contributed by atoms with van der Waals surface area (Å²) in [6, 6.07) is 14.3. The zero-order valence-corrected chi connectivity index (χ0v) is 16.0. The van der Waals surface area contributed by atoms with Crippen molar-refractivity contribution >= 4 is 44.3 Å². The molecule has 0 heterocycles. The Hall–Kier alpha value is -0.810. The molecule has 5 heteroatoms. The number of hydrogen-bond donors (Lipinski definition) is 1. The first-order valence-corrected chi connectivity index (χ1v) is 8.25. The van der Waals surface area contributed by atoms with Crippen molar-refractivity contribution in [1.82, 2.24) is 5.32 Å². The summed E-state index contributed by atoms with van der Waals surface area (Å²) >= 11 is 7.16. The summed E-state index contributed by atoms with van der Waals surface area (Å²) in [5.41, 5.74) is 2.33. The second-order valence-electron chi connectivity index (χ2n) is 4.58. The first-order chi connectivity index (χ1) is 10.2. The molecule has 2 rings (SSSR count). The van der Waals surface area contributed by atoms with Crippen molar-refractivity contribution in [2.75, 3.05) is 6.54 Å². The molecular formula is C17H18Br2ClNO. The standard InChI is InChI=1S/C17H17Br2NO.ClH/c1-2-8-20-11-14-9-15(18)17(16(19)10-14)21-12-13-6-4-3-5-7-13;/h2-7,9-10,20H,1,8,11-12H2;1H. The molecule has 2 nitrogen and oxygen atoms in total. The van der Waals surface area contributed by atoms with Crippen LogP contribution in [0.2, 0.25) is 0 Å². The third-order valence-corrected chi connectivity index (χ3v) is 4.08. The van der Waals surface area contributed by atoms with E-state index in [1.54, 1.807) is 0 Å². The normalized spacial score (nSPS) is 9.91. The van der Waals surface area contributed by atoms with E-state index in [2.05, 4.69) is 68.0 Å². The van der Waals surface area contributed by atoms with Crippen molar-refractivity contribution in [3.8, 4) is 5.75 Å². The fourth-order valence-corrected chi connectivity index (χ4v) is 3.41. The van der Waals surface area contributed by atoms with Gasteiger partial charge in [0, 0.05) is 13.1 Å².